The Balaban J connectivity index is 1.77. The highest BCUT2D eigenvalue weighted by Gasteiger charge is 2.43. The van der Waals surface area contributed by atoms with Gasteiger partial charge in [0.25, 0.3) is 0 Å². The molecule has 1 unspecified atom stereocenters. The van der Waals surface area contributed by atoms with Gasteiger partial charge in [-0.3, -0.25) is 14.4 Å². The van der Waals surface area contributed by atoms with Crippen LogP contribution in [0.3, 0.4) is 0 Å². The summed E-state index contributed by atoms with van der Waals surface area (Å²) in [6.07, 6.45) is 1.72. The van der Waals surface area contributed by atoms with Crippen LogP contribution in [0.2, 0.25) is 0 Å². The summed E-state index contributed by atoms with van der Waals surface area (Å²) < 4.78 is 0. The van der Waals surface area contributed by atoms with Gasteiger partial charge < -0.3 is 14.9 Å². The number of aliphatic carboxylic acids is 1. The Morgan fingerprint density at radius 2 is 1.73 bits per heavy atom. The van der Waals surface area contributed by atoms with Crippen molar-refractivity contribution in [3.05, 3.63) is 29.3 Å². The molecular formula is C20H26N2O4. The molecule has 26 heavy (non-hydrogen) atoms. The molecule has 1 aromatic rings. The lowest BCUT2D eigenvalue weighted by molar-refractivity contribution is -0.151. The number of aryl methyl sites for hydroxylation is 2. The van der Waals surface area contributed by atoms with Crippen molar-refractivity contribution in [3.63, 3.8) is 0 Å². The van der Waals surface area contributed by atoms with Gasteiger partial charge in [0.2, 0.25) is 11.8 Å². The van der Waals surface area contributed by atoms with Gasteiger partial charge >= 0.3 is 5.97 Å². The largest absolute Gasteiger partial charge is 0.481 e. The van der Waals surface area contributed by atoms with E-state index in [0.29, 0.717) is 32.4 Å². The van der Waals surface area contributed by atoms with Gasteiger partial charge in [-0.05, 0) is 63.3 Å². The quantitative estimate of drug-likeness (QED) is 0.842. The third-order valence-electron chi connectivity index (χ3n) is 5.61. The predicted octanol–water partition coefficient (Wildman–Crippen LogP) is 2.37. The first-order chi connectivity index (χ1) is 12.3. The third-order valence-corrected chi connectivity index (χ3v) is 5.61. The lowest BCUT2D eigenvalue weighted by atomic mass is 9.89. The average molecular weight is 358 g/mol. The van der Waals surface area contributed by atoms with Crippen molar-refractivity contribution in [1.82, 2.24) is 4.90 Å². The first-order valence-electron chi connectivity index (χ1n) is 9.22. The maximum absolute atomic E-state index is 13.0. The van der Waals surface area contributed by atoms with E-state index in [1.807, 2.05) is 32.0 Å². The molecule has 140 valence electrons. The lowest BCUT2D eigenvalue weighted by Gasteiger charge is -2.38. The fourth-order valence-electron chi connectivity index (χ4n) is 4.26. The van der Waals surface area contributed by atoms with E-state index < -0.39 is 17.8 Å². The molecule has 0 aromatic heterocycles. The van der Waals surface area contributed by atoms with Crippen LogP contribution in [-0.2, 0) is 14.4 Å². The number of hydrogen-bond donors (Lipinski definition) is 1. The summed E-state index contributed by atoms with van der Waals surface area (Å²) in [5.41, 5.74) is 2.99. The predicted molar refractivity (Wildman–Crippen MR) is 97.9 cm³/mol. The van der Waals surface area contributed by atoms with Crippen LogP contribution in [0.4, 0.5) is 5.69 Å². The van der Waals surface area contributed by atoms with Crippen LogP contribution >= 0.6 is 0 Å². The van der Waals surface area contributed by atoms with Gasteiger partial charge in [-0.25, -0.2) is 0 Å². The average Bonchev–Trinajstić information content (AvgIpc) is 2.95. The first-order valence-corrected chi connectivity index (χ1v) is 9.22. The van der Waals surface area contributed by atoms with E-state index in [9.17, 15) is 19.5 Å². The van der Waals surface area contributed by atoms with Crippen LogP contribution in [0.15, 0.2) is 18.2 Å². The lowest BCUT2D eigenvalue weighted by Crippen LogP contribution is -2.52. The maximum Gasteiger partial charge on any atom is 0.308 e. The normalized spacial score (nSPS) is 26.3. The van der Waals surface area contributed by atoms with Gasteiger partial charge in [-0.15, -0.1) is 0 Å². The smallest absolute Gasteiger partial charge is 0.308 e. The number of carbonyl (C=O) groups excluding carboxylic acids is 2. The van der Waals surface area contributed by atoms with E-state index in [0.717, 1.165) is 16.8 Å². The molecule has 3 rings (SSSR count). The van der Waals surface area contributed by atoms with Crippen LogP contribution in [0.25, 0.3) is 0 Å². The molecule has 0 saturated carbocycles. The molecule has 0 radical (unpaired) electrons. The van der Waals surface area contributed by atoms with Crippen molar-refractivity contribution in [1.29, 1.82) is 0 Å². The highest BCUT2D eigenvalue weighted by atomic mass is 16.4. The van der Waals surface area contributed by atoms with Gasteiger partial charge in [-0.1, -0.05) is 6.07 Å². The Labute approximate surface area is 153 Å². The van der Waals surface area contributed by atoms with Crippen LogP contribution in [-0.4, -0.2) is 46.9 Å². The second-order valence-electron chi connectivity index (χ2n) is 7.54. The van der Waals surface area contributed by atoms with E-state index in [1.54, 1.807) is 16.7 Å². The molecule has 6 nitrogen and oxygen atoms in total. The monoisotopic (exact) mass is 358 g/mol. The third kappa shape index (κ3) is 3.32. The Bertz CT molecular complexity index is 725. The van der Waals surface area contributed by atoms with Gasteiger partial charge in [0.1, 0.15) is 5.92 Å². The van der Waals surface area contributed by atoms with Crippen LogP contribution in [0.1, 0.15) is 37.3 Å². The van der Waals surface area contributed by atoms with Crippen LogP contribution < -0.4 is 4.90 Å². The summed E-state index contributed by atoms with van der Waals surface area (Å²) in [4.78, 5) is 40.6. The fraction of sp³-hybridized carbons (Fsp3) is 0.550. The van der Waals surface area contributed by atoms with E-state index >= 15 is 0 Å². The number of anilines is 1. The molecule has 2 fully saturated rings. The minimum atomic E-state index is -0.871. The summed E-state index contributed by atoms with van der Waals surface area (Å²) in [6, 6.07) is 5.59. The van der Waals surface area contributed by atoms with E-state index in [1.165, 1.54) is 0 Å². The molecular weight excluding hydrogens is 332 g/mol. The summed E-state index contributed by atoms with van der Waals surface area (Å²) >= 11 is 0. The fourth-order valence-corrected chi connectivity index (χ4v) is 4.26. The Morgan fingerprint density at radius 1 is 1.08 bits per heavy atom. The summed E-state index contributed by atoms with van der Waals surface area (Å²) in [5.74, 6) is -2.53. The molecule has 2 aliphatic rings. The molecule has 1 N–H and O–H groups in total. The molecule has 2 amide bonds. The Kier molecular flexibility index (Phi) is 5.03. The number of benzene rings is 1. The zero-order valence-electron chi connectivity index (χ0n) is 15.6. The van der Waals surface area contributed by atoms with Crippen LogP contribution in [0.5, 0.6) is 0 Å². The number of rotatable bonds is 3. The van der Waals surface area contributed by atoms with E-state index in [4.69, 9.17) is 0 Å². The number of hydrogen-bond acceptors (Lipinski definition) is 3. The van der Waals surface area contributed by atoms with Crippen molar-refractivity contribution in [2.45, 2.75) is 46.1 Å². The SMILES string of the molecule is Cc1cc(C)cc(N2CCC(C(=O)N3CCC[C@@H](C(=O)O)[C@H]3C)C2=O)c1. The highest BCUT2D eigenvalue weighted by Crippen LogP contribution is 2.31. The minimum absolute atomic E-state index is 0.176. The number of nitrogens with zero attached hydrogens (tertiary/aromatic N) is 2. The van der Waals surface area contributed by atoms with E-state index in [-0.39, 0.29) is 17.9 Å². The second kappa shape index (κ2) is 7.09. The zero-order chi connectivity index (χ0) is 19.0. The Morgan fingerprint density at radius 3 is 2.35 bits per heavy atom. The second-order valence-corrected chi connectivity index (χ2v) is 7.54. The van der Waals surface area contributed by atoms with Crippen molar-refractivity contribution in [2.24, 2.45) is 11.8 Å². The number of carbonyl (C=O) groups is 3. The highest BCUT2D eigenvalue weighted by molar-refractivity contribution is 6.09. The number of carboxylic acid groups (broad SMARTS) is 1. The molecule has 0 aliphatic carbocycles. The van der Waals surface area contributed by atoms with E-state index in [2.05, 4.69) is 0 Å². The topological polar surface area (TPSA) is 77.9 Å². The number of likely N-dealkylation sites (tertiary alicyclic amines) is 1. The maximum atomic E-state index is 13.0. The molecule has 2 saturated heterocycles. The summed E-state index contributed by atoms with van der Waals surface area (Å²) in [5, 5.41) is 9.36. The number of amides is 2. The van der Waals surface area contributed by atoms with Crippen LogP contribution in [0, 0.1) is 25.7 Å². The van der Waals surface area contributed by atoms with Crippen molar-refractivity contribution < 1.29 is 19.5 Å². The molecule has 1 aromatic carbocycles. The van der Waals surface area contributed by atoms with Crippen molar-refractivity contribution >= 4 is 23.5 Å². The molecule has 0 spiro atoms. The molecule has 0 bridgehead atoms. The van der Waals surface area contributed by atoms with Crippen molar-refractivity contribution in [3.8, 4) is 0 Å². The molecule has 6 heteroatoms. The minimum Gasteiger partial charge on any atom is -0.481 e. The molecule has 2 heterocycles. The molecule has 3 atom stereocenters. The number of piperidine rings is 1. The standard InChI is InChI=1S/C20H26N2O4/c1-12-9-13(2)11-15(10-12)22-8-6-17(19(22)24)18(23)21-7-4-5-16(14(21)3)20(25)26/h9-11,14,16-17H,4-8H2,1-3H3,(H,25,26)/t14-,16-,17?/m1/s1. The molecule has 2 aliphatic heterocycles. The summed E-state index contributed by atoms with van der Waals surface area (Å²) in [6.45, 7) is 6.79. The zero-order valence-corrected chi connectivity index (χ0v) is 15.6. The van der Waals surface area contributed by atoms with Gasteiger partial charge in [0, 0.05) is 24.8 Å². The number of carboxylic acids is 1. The van der Waals surface area contributed by atoms with Gasteiger partial charge in [0.05, 0.1) is 5.92 Å². The Hall–Kier alpha value is -2.37. The first kappa shape index (κ1) is 18.4. The summed E-state index contributed by atoms with van der Waals surface area (Å²) in [7, 11) is 0. The van der Waals surface area contributed by atoms with Gasteiger partial charge in [-0.2, -0.15) is 0 Å². The van der Waals surface area contributed by atoms with Gasteiger partial charge in [0.15, 0.2) is 0 Å². The van der Waals surface area contributed by atoms with Crippen molar-refractivity contribution in [2.75, 3.05) is 18.0 Å².